The number of hydrogen-bond donors (Lipinski definition) is 0. The standard InChI is InChI=1S/C23H21N3O2/c1-16-3-6-18(7-4-16)13-14-25-22-15-17(2)5-12-21(22)24-23(25)19-8-10-20(11-9-19)26(27)28/h3-12,15H,13-14H2,1-2H3. The number of imidazole rings is 1. The molecule has 0 spiro atoms. The van der Waals surface area contributed by atoms with Gasteiger partial charge in [0.15, 0.2) is 0 Å². The van der Waals surface area contributed by atoms with E-state index in [1.807, 2.05) is 6.07 Å². The van der Waals surface area contributed by atoms with Crippen molar-refractivity contribution in [1.29, 1.82) is 0 Å². The van der Waals surface area contributed by atoms with Gasteiger partial charge in [0, 0.05) is 24.2 Å². The average Bonchev–Trinajstić information content (AvgIpc) is 3.05. The van der Waals surface area contributed by atoms with E-state index in [0.29, 0.717) is 0 Å². The van der Waals surface area contributed by atoms with Crippen LogP contribution in [-0.2, 0) is 13.0 Å². The second-order valence-electron chi connectivity index (χ2n) is 7.12. The molecule has 4 aromatic rings. The minimum Gasteiger partial charge on any atom is -0.324 e. The molecular weight excluding hydrogens is 350 g/mol. The molecule has 5 nitrogen and oxygen atoms in total. The van der Waals surface area contributed by atoms with E-state index in [9.17, 15) is 10.1 Å². The van der Waals surface area contributed by atoms with Crippen LogP contribution >= 0.6 is 0 Å². The van der Waals surface area contributed by atoms with Gasteiger partial charge in [0.25, 0.3) is 5.69 Å². The molecule has 0 aliphatic heterocycles. The Balaban J connectivity index is 1.75. The number of fused-ring (bicyclic) bond motifs is 1. The Morgan fingerprint density at radius 2 is 1.61 bits per heavy atom. The summed E-state index contributed by atoms with van der Waals surface area (Å²) in [5, 5.41) is 11.0. The quantitative estimate of drug-likeness (QED) is 0.345. The van der Waals surface area contributed by atoms with Crippen LogP contribution in [0.25, 0.3) is 22.4 Å². The molecule has 4 rings (SSSR count). The number of aromatic nitrogens is 2. The van der Waals surface area contributed by atoms with Crippen LogP contribution in [0.2, 0.25) is 0 Å². The van der Waals surface area contributed by atoms with E-state index in [2.05, 4.69) is 54.8 Å². The third-order valence-electron chi connectivity index (χ3n) is 4.98. The van der Waals surface area contributed by atoms with Crippen molar-refractivity contribution < 1.29 is 4.92 Å². The Morgan fingerprint density at radius 3 is 2.29 bits per heavy atom. The maximum atomic E-state index is 11.0. The second kappa shape index (κ2) is 7.27. The summed E-state index contributed by atoms with van der Waals surface area (Å²) in [7, 11) is 0. The zero-order valence-corrected chi connectivity index (χ0v) is 15.9. The molecule has 0 unspecified atom stereocenters. The number of rotatable bonds is 5. The molecule has 0 aliphatic rings. The summed E-state index contributed by atoms with van der Waals surface area (Å²) in [6.45, 7) is 4.94. The first-order valence-corrected chi connectivity index (χ1v) is 9.28. The van der Waals surface area contributed by atoms with Gasteiger partial charge in [-0.15, -0.1) is 0 Å². The van der Waals surface area contributed by atoms with Crippen molar-refractivity contribution in [3.05, 3.63) is 93.5 Å². The highest BCUT2D eigenvalue weighted by molar-refractivity contribution is 5.81. The molecule has 0 radical (unpaired) electrons. The molecule has 0 amide bonds. The third kappa shape index (κ3) is 3.51. The van der Waals surface area contributed by atoms with Gasteiger partial charge in [0.2, 0.25) is 0 Å². The number of non-ortho nitro benzene ring substituents is 1. The van der Waals surface area contributed by atoms with Crippen LogP contribution in [0.15, 0.2) is 66.7 Å². The Hall–Kier alpha value is -3.47. The van der Waals surface area contributed by atoms with Crippen molar-refractivity contribution in [3.8, 4) is 11.4 Å². The molecule has 0 bridgehead atoms. The Bertz CT molecular complexity index is 1140. The molecular formula is C23H21N3O2. The van der Waals surface area contributed by atoms with E-state index in [1.54, 1.807) is 12.1 Å². The molecule has 0 atom stereocenters. The lowest BCUT2D eigenvalue weighted by atomic mass is 10.1. The SMILES string of the molecule is Cc1ccc(CCn2c(-c3ccc([N+](=O)[O-])cc3)nc3ccc(C)cc32)cc1. The second-order valence-corrected chi connectivity index (χ2v) is 7.12. The van der Waals surface area contributed by atoms with Crippen LogP contribution in [-0.4, -0.2) is 14.5 Å². The van der Waals surface area contributed by atoms with Gasteiger partial charge in [-0.3, -0.25) is 10.1 Å². The smallest absolute Gasteiger partial charge is 0.269 e. The van der Waals surface area contributed by atoms with Crippen molar-refractivity contribution in [3.63, 3.8) is 0 Å². The first kappa shape index (κ1) is 17.9. The van der Waals surface area contributed by atoms with Crippen molar-refractivity contribution in [2.24, 2.45) is 0 Å². The average molecular weight is 371 g/mol. The number of benzene rings is 3. The van der Waals surface area contributed by atoms with Crippen LogP contribution in [0.4, 0.5) is 5.69 Å². The maximum absolute atomic E-state index is 11.0. The summed E-state index contributed by atoms with van der Waals surface area (Å²) in [4.78, 5) is 15.4. The lowest BCUT2D eigenvalue weighted by molar-refractivity contribution is -0.384. The first-order chi connectivity index (χ1) is 13.5. The lowest BCUT2D eigenvalue weighted by Gasteiger charge is -2.10. The number of nitro groups is 1. The van der Waals surface area contributed by atoms with Gasteiger partial charge in [-0.25, -0.2) is 4.98 Å². The summed E-state index contributed by atoms with van der Waals surface area (Å²) < 4.78 is 2.21. The molecule has 28 heavy (non-hydrogen) atoms. The fraction of sp³-hybridized carbons (Fsp3) is 0.174. The van der Waals surface area contributed by atoms with E-state index in [-0.39, 0.29) is 10.6 Å². The minimum absolute atomic E-state index is 0.0851. The number of hydrogen-bond acceptors (Lipinski definition) is 3. The highest BCUT2D eigenvalue weighted by Gasteiger charge is 2.14. The highest BCUT2D eigenvalue weighted by Crippen LogP contribution is 2.27. The Kier molecular flexibility index (Phi) is 4.65. The van der Waals surface area contributed by atoms with Gasteiger partial charge in [0.1, 0.15) is 5.82 Å². The largest absolute Gasteiger partial charge is 0.324 e. The topological polar surface area (TPSA) is 61.0 Å². The third-order valence-corrected chi connectivity index (χ3v) is 4.98. The molecule has 0 N–H and O–H groups in total. The van der Waals surface area contributed by atoms with Gasteiger partial charge in [-0.1, -0.05) is 35.9 Å². The van der Waals surface area contributed by atoms with Crippen molar-refractivity contribution in [2.75, 3.05) is 0 Å². The van der Waals surface area contributed by atoms with Crippen LogP contribution in [0.3, 0.4) is 0 Å². The van der Waals surface area contributed by atoms with E-state index < -0.39 is 0 Å². The van der Waals surface area contributed by atoms with Crippen molar-refractivity contribution >= 4 is 16.7 Å². The monoisotopic (exact) mass is 371 g/mol. The van der Waals surface area contributed by atoms with Crippen LogP contribution in [0, 0.1) is 24.0 Å². The Morgan fingerprint density at radius 1 is 0.929 bits per heavy atom. The highest BCUT2D eigenvalue weighted by atomic mass is 16.6. The summed E-state index contributed by atoms with van der Waals surface area (Å²) >= 11 is 0. The summed E-state index contributed by atoms with van der Waals surface area (Å²) in [6.07, 6.45) is 0.889. The maximum Gasteiger partial charge on any atom is 0.269 e. The van der Waals surface area contributed by atoms with Gasteiger partial charge < -0.3 is 4.57 Å². The van der Waals surface area contributed by atoms with E-state index in [0.717, 1.165) is 35.4 Å². The number of nitrogens with zero attached hydrogens (tertiary/aromatic N) is 3. The molecule has 3 aromatic carbocycles. The van der Waals surface area contributed by atoms with Gasteiger partial charge in [0.05, 0.1) is 16.0 Å². The first-order valence-electron chi connectivity index (χ1n) is 9.28. The van der Waals surface area contributed by atoms with E-state index in [4.69, 9.17) is 4.98 Å². The zero-order valence-electron chi connectivity index (χ0n) is 15.9. The van der Waals surface area contributed by atoms with E-state index in [1.165, 1.54) is 28.8 Å². The molecule has 0 saturated heterocycles. The van der Waals surface area contributed by atoms with Gasteiger partial charge in [-0.05, 0) is 55.7 Å². The normalized spacial score (nSPS) is 11.1. The molecule has 0 aliphatic carbocycles. The molecule has 1 aromatic heterocycles. The fourth-order valence-corrected chi connectivity index (χ4v) is 3.41. The number of nitro benzene ring substituents is 1. The number of aryl methyl sites for hydroxylation is 4. The van der Waals surface area contributed by atoms with Gasteiger partial charge in [-0.2, -0.15) is 0 Å². The van der Waals surface area contributed by atoms with Crippen molar-refractivity contribution in [1.82, 2.24) is 9.55 Å². The lowest BCUT2D eigenvalue weighted by Crippen LogP contribution is -2.04. The summed E-state index contributed by atoms with van der Waals surface area (Å²) in [6, 6.07) is 21.4. The van der Waals surface area contributed by atoms with E-state index >= 15 is 0 Å². The van der Waals surface area contributed by atoms with Crippen molar-refractivity contribution in [2.45, 2.75) is 26.8 Å². The predicted octanol–water partition coefficient (Wildman–Crippen LogP) is 5.47. The fourth-order valence-electron chi connectivity index (χ4n) is 3.41. The minimum atomic E-state index is -0.381. The predicted molar refractivity (Wildman–Crippen MR) is 111 cm³/mol. The summed E-state index contributed by atoms with van der Waals surface area (Å²) in [5.41, 5.74) is 6.68. The van der Waals surface area contributed by atoms with Crippen LogP contribution < -0.4 is 0 Å². The molecule has 0 saturated carbocycles. The zero-order chi connectivity index (χ0) is 19.7. The van der Waals surface area contributed by atoms with Crippen LogP contribution in [0.5, 0.6) is 0 Å². The molecule has 1 heterocycles. The van der Waals surface area contributed by atoms with Gasteiger partial charge >= 0.3 is 0 Å². The molecule has 140 valence electrons. The summed E-state index contributed by atoms with van der Waals surface area (Å²) in [5.74, 6) is 0.836. The molecule has 5 heteroatoms. The molecule has 0 fully saturated rings. The van der Waals surface area contributed by atoms with Crippen LogP contribution in [0.1, 0.15) is 16.7 Å². The Labute approximate surface area is 163 Å².